The summed E-state index contributed by atoms with van der Waals surface area (Å²) in [5.74, 6) is 0.248. The van der Waals surface area contributed by atoms with Crippen LogP contribution in [0, 0.1) is 0 Å². The maximum atomic E-state index is 11.1. The Morgan fingerprint density at radius 3 is 2.36 bits per heavy atom. The first-order chi connectivity index (χ1) is 6.53. The molecule has 0 saturated carbocycles. The van der Waals surface area contributed by atoms with Crippen molar-refractivity contribution in [2.24, 2.45) is 0 Å². The maximum Gasteiger partial charge on any atom is 0.211 e. The van der Waals surface area contributed by atoms with Gasteiger partial charge in [-0.1, -0.05) is 12.1 Å². The van der Waals surface area contributed by atoms with Crippen molar-refractivity contribution >= 4 is 10.0 Å². The number of phenols is 1. The monoisotopic (exact) mass is 215 g/mol. The zero-order valence-corrected chi connectivity index (χ0v) is 8.71. The third kappa shape index (κ3) is 3.35. The molecule has 1 aromatic rings. The summed E-state index contributed by atoms with van der Waals surface area (Å²) < 4.78 is 24.6. The van der Waals surface area contributed by atoms with E-state index in [0.29, 0.717) is 0 Å². The second kappa shape index (κ2) is 4.43. The highest BCUT2D eigenvalue weighted by molar-refractivity contribution is 7.89. The molecule has 0 aliphatic rings. The first kappa shape index (κ1) is 11.0. The molecule has 0 amide bonds. The average molecular weight is 215 g/mol. The third-order valence-corrected chi connectivity index (χ3v) is 3.16. The molecule has 0 radical (unpaired) electrons. The fourth-order valence-corrected chi connectivity index (χ4v) is 1.50. The molecular formula is C9H13NO3S. The van der Waals surface area contributed by atoms with Crippen molar-refractivity contribution in [3.05, 3.63) is 29.8 Å². The number of hydrogen-bond acceptors (Lipinski definition) is 3. The quantitative estimate of drug-likeness (QED) is 0.781. The van der Waals surface area contributed by atoms with Crippen molar-refractivity contribution in [3.63, 3.8) is 0 Å². The van der Waals surface area contributed by atoms with E-state index < -0.39 is 10.0 Å². The van der Waals surface area contributed by atoms with Crippen LogP contribution in [-0.2, 0) is 16.6 Å². The molecule has 0 aliphatic heterocycles. The fraction of sp³-hybridized carbons (Fsp3) is 0.333. The zero-order valence-electron chi connectivity index (χ0n) is 7.90. The average Bonchev–Trinajstić information content (AvgIpc) is 2.17. The highest BCUT2D eigenvalue weighted by Crippen LogP contribution is 2.09. The standard InChI is InChI=1S/C9H13NO3S/c1-2-14(12,13)10-7-8-3-5-9(11)6-4-8/h3-6,10-11H,2,7H2,1H3. The molecule has 0 bridgehead atoms. The van der Waals surface area contributed by atoms with Crippen LogP contribution in [0.4, 0.5) is 0 Å². The number of rotatable bonds is 4. The minimum Gasteiger partial charge on any atom is -0.508 e. The van der Waals surface area contributed by atoms with Gasteiger partial charge in [-0.3, -0.25) is 0 Å². The largest absolute Gasteiger partial charge is 0.508 e. The first-order valence-electron chi connectivity index (χ1n) is 4.29. The fourth-order valence-electron chi connectivity index (χ4n) is 0.909. The van der Waals surface area contributed by atoms with E-state index in [1.54, 1.807) is 19.1 Å². The highest BCUT2D eigenvalue weighted by atomic mass is 32.2. The van der Waals surface area contributed by atoms with Crippen molar-refractivity contribution in [2.75, 3.05) is 5.75 Å². The summed E-state index contributed by atoms with van der Waals surface area (Å²) in [4.78, 5) is 0. The smallest absolute Gasteiger partial charge is 0.211 e. The van der Waals surface area contributed by atoms with E-state index in [0.717, 1.165) is 5.56 Å². The lowest BCUT2D eigenvalue weighted by atomic mass is 10.2. The van der Waals surface area contributed by atoms with Gasteiger partial charge >= 0.3 is 0 Å². The van der Waals surface area contributed by atoms with Gasteiger partial charge in [0.15, 0.2) is 0 Å². The van der Waals surface area contributed by atoms with Crippen molar-refractivity contribution < 1.29 is 13.5 Å². The van der Waals surface area contributed by atoms with Gasteiger partial charge < -0.3 is 5.11 Å². The molecule has 0 aliphatic carbocycles. The minimum absolute atomic E-state index is 0.0745. The number of aromatic hydroxyl groups is 1. The lowest BCUT2D eigenvalue weighted by molar-refractivity contribution is 0.475. The Labute approximate surface area is 83.6 Å². The molecule has 0 spiro atoms. The topological polar surface area (TPSA) is 66.4 Å². The molecule has 78 valence electrons. The van der Waals surface area contributed by atoms with Crippen LogP contribution in [0.15, 0.2) is 24.3 Å². The van der Waals surface area contributed by atoms with Gasteiger partial charge in [0.05, 0.1) is 5.75 Å². The van der Waals surface area contributed by atoms with Crippen molar-refractivity contribution in [1.29, 1.82) is 0 Å². The third-order valence-electron chi connectivity index (χ3n) is 1.81. The van der Waals surface area contributed by atoms with Gasteiger partial charge in [0.25, 0.3) is 0 Å². The van der Waals surface area contributed by atoms with Gasteiger partial charge in [-0.15, -0.1) is 0 Å². The van der Waals surface area contributed by atoms with E-state index in [4.69, 9.17) is 5.11 Å². The van der Waals surface area contributed by atoms with Crippen LogP contribution >= 0.6 is 0 Å². The number of benzene rings is 1. The summed E-state index contributed by atoms with van der Waals surface area (Å²) in [5, 5.41) is 8.99. The molecule has 1 rings (SSSR count). The molecule has 1 aromatic carbocycles. The van der Waals surface area contributed by atoms with Crippen LogP contribution in [0.5, 0.6) is 5.75 Å². The number of hydrogen-bond donors (Lipinski definition) is 2. The summed E-state index contributed by atoms with van der Waals surface area (Å²) >= 11 is 0. The molecule has 0 atom stereocenters. The van der Waals surface area contributed by atoms with Gasteiger partial charge in [-0.25, -0.2) is 13.1 Å². The van der Waals surface area contributed by atoms with Gasteiger partial charge in [0.2, 0.25) is 10.0 Å². The molecule has 0 unspecified atom stereocenters. The van der Waals surface area contributed by atoms with E-state index in [1.165, 1.54) is 12.1 Å². The van der Waals surface area contributed by atoms with Crippen LogP contribution in [0.25, 0.3) is 0 Å². The summed E-state index contributed by atoms with van der Waals surface area (Å²) in [6, 6.07) is 6.40. The predicted molar refractivity (Wildman–Crippen MR) is 54.4 cm³/mol. The SMILES string of the molecule is CCS(=O)(=O)NCc1ccc(O)cc1. The van der Waals surface area contributed by atoms with Crippen LogP contribution < -0.4 is 4.72 Å². The predicted octanol–water partition coefficient (Wildman–Crippen LogP) is 0.831. The molecule has 0 saturated heterocycles. The second-order valence-electron chi connectivity index (χ2n) is 2.89. The van der Waals surface area contributed by atoms with E-state index in [-0.39, 0.29) is 18.0 Å². The van der Waals surface area contributed by atoms with E-state index in [2.05, 4.69) is 4.72 Å². The van der Waals surface area contributed by atoms with E-state index >= 15 is 0 Å². The maximum absolute atomic E-state index is 11.1. The van der Waals surface area contributed by atoms with Crippen molar-refractivity contribution in [2.45, 2.75) is 13.5 Å². The van der Waals surface area contributed by atoms with Gasteiger partial charge in [0.1, 0.15) is 5.75 Å². The van der Waals surface area contributed by atoms with Crippen LogP contribution in [0.2, 0.25) is 0 Å². The molecule has 0 heterocycles. The number of nitrogens with one attached hydrogen (secondary N) is 1. The van der Waals surface area contributed by atoms with Gasteiger partial charge in [0, 0.05) is 6.54 Å². The summed E-state index contributed by atoms with van der Waals surface area (Å²) in [6.07, 6.45) is 0. The highest BCUT2D eigenvalue weighted by Gasteiger charge is 2.05. The lowest BCUT2D eigenvalue weighted by Gasteiger charge is -2.04. The Balaban J connectivity index is 2.59. The Morgan fingerprint density at radius 1 is 1.29 bits per heavy atom. The normalized spacial score (nSPS) is 11.5. The summed E-state index contributed by atoms with van der Waals surface area (Å²) in [6.45, 7) is 1.84. The molecule has 0 aromatic heterocycles. The first-order valence-corrected chi connectivity index (χ1v) is 5.94. The van der Waals surface area contributed by atoms with Crippen molar-refractivity contribution in [1.82, 2.24) is 4.72 Å². The lowest BCUT2D eigenvalue weighted by Crippen LogP contribution is -2.24. The zero-order chi connectivity index (χ0) is 10.6. The van der Waals surface area contributed by atoms with E-state index in [9.17, 15) is 8.42 Å². The number of sulfonamides is 1. The Bertz CT molecular complexity index is 383. The Hall–Kier alpha value is -1.07. The summed E-state index contributed by atoms with van der Waals surface area (Å²) in [5.41, 5.74) is 0.819. The van der Waals surface area contributed by atoms with E-state index in [1.807, 2.05) is 0 Å². The number of phenolic OH excluding ortho intramolecular Hbond substituents is 1. The second-order valence-corrected chi connectivity index (χ2v) is 4.99. The van der Waals surface area contributed by atoms with Gasteiger partial charge in [-0.05, 0) is 24.6 Å². The Morgan fingerprint density at radius 2 is 1.86 bits per heavy atom. The van der Waals surface area contributed by atoms with Crippen LogP contribution in [0.3, 0.4) is 0 Å². The van der Waals surface area contributed by atoms with Crippen LogP contribution in [-0.4, -0.2) is 19.3 Å². The molecule has 14 heavy (non-hydrogen) atoms. The van der Waals surface area contributed by atoms with Crippen molar-refractivity contribution in [3.8, 4) is 5.75 Å². The molecule has 4 nitrogen and oxygen atoms in total. The molecule has 0 fully saturated rings. The van der Waals surface area contributed by atoms with Gasteiger partial charge in [-0.2, -0.15) is 0 Å². The molecule has 5 heteroatoms. The molecule has 2 N–H and O–H groups in total. The summed E-state index contributed by atoms with van der Waals surface area (Å²) in [7, 11) is -3.14. The molecular weight excluding hydrogens is 202 g/mol. The Kier molecular flexibility index (Phi) is 3.49. The van der Waals surface area contributed by atoms with Crippen LogP contribution in [0.1, 0.15) is 12.5 Å². The minimum atomic E-state index is -3.14.